The lowest BCUT2D eigenvalue weighted by Crippen LogP contribution is -2.39. The van der Waals surface area contributed by atoms with Gasteiger partial charge in [0.2, 0.25) is 0 Å². The van der Waals surface area contributed by atoms with E-state index in [1.807, 2.05) is 0 Å². The average Bonchev–Trinajstić information content (AvgIpc) is 2.47. The summed E-state index contributed by atoms with van der Waals surface area (Å²) in [5.41, 5.74) is -0.247. The van der Waals surface area contributed by atoms with Gasteiger partial charge in [-0.25, -0.2) is 5.10 Å². The van der Waals surface area contributed by atoms with Gasteiger partial charge in [-0.2, -0.15) is 5.10 Å². The van der Waals surface area contributed by atoms with Gasteiger partial charge in [-0.3, -0.25) is 14.4 Å². The summed E-state index contributed by atoms with van der Waals surface area (Å²) in [6.07, 6.45) is -0.148. The number of amides is 1. The Morgan fingerprint density at radius 2 is 1.91 bits per heavy atom. The van der Waals surface area contributed by atoms with Crippen LogP contribution in [0.15, 0.2) is 29.1 Å². The Labute approximate surface area is 126 Å². The number of nitrogens with one attached hydrogen (secondary N) is 1. The summed E-state index contributed by atoms with van der Waals surface area (Å²) in [7, 11) is 0. The van der Waals surface area contributed by atoms with E-state index in [1.165, 1.54) is 4.90 Å². The van der Waals surface area contributed by atoms with Crippen molar-refractivity contribution in [3.63, 3.8) is 0 Å². The number of carbonyl (C=O) groups is 2. The van der Waals surface area contributed by atoms with Crippen LogP contribution in [0.3, 0.4) is 0 Å². The molecule has 2 N–H and O–H groups in total. The molecule has 1 aromatic carbocycles. The molecule has 7 nitrogen and oxygen atoms in total. The van der Waals surface area contributed by atoms with Gasteiger partial charge in [0.1, 0.15) is 0 Å². The van der Waals surface area contributed by atoms with Crippen LogP contribution < -0.4 is 5.56 Å². The van der Waals surface area contributed by atoms with Crippen LogP contribution in [0.1, 0.15) is 30.8 Å². The maximum absolute atomic E-state index is 12.7. The molecule has 1 heterocycles. The fourth-order valence-electron chi connectivity index (χ4n) is 2.22. The van der Waals surface area contributed by atoms with Crippen molar-refractivity contribution in [3.8, 4) is 0 Å². The van der Waals surface area contributed by atoms with E-state index < -0.39 is 11.9 Å². The van der Waals surface area contributed by atoms with E-state index in [0.717, 1.165) is 0 Å². The number of hydrogen-bond acceptors (Lipinski definition) is 4. The number of fused-ring (bicyclic) bond motifs is 1. The number of aliphatic carboxylic acids is 1. The first kappa shape index (κ1) is 15.7. The zero-order valence-electron chi connectivity index (χ0n) is 12.4. The van der Waals surface area contributed by atoms with Crippen LogP contribution in [0.4, 0.5) is 0 Å². The predicted molar refractivity (Wildman–Crippen MR) is 80.8 cm³/mol. The second-order valence-corrected chi connectivity index (χ2v) is 5.18. The molecule has 0 aliphatic carbocycles. The summed E-state index contributed by atoms with van der Waals surface area (Å²) in [4.78, 5) is 36.6. The number of aromatic amines is 1. The molecule has 0 radical (unpaired) electrons. The molecule has 7 heteroatoms. The van der Waals surface area contributed by atoms with Crippen molar-refractivity contribution in [1.82, 2.24) is 15.1 Å². The Morgan fingerprint density at radius 1 is 1.27 bits per heavy atom. The van der Waals surface area contributed by atoms with Gasteiger partial charge >= 0.3 is 5.97 Å². The van der Waals surface area contributed by atoms with E-state index in [0.29, 0.717) is 10.8 Å². The van der Waals surface area contributed by atoms with Crippen LogP contribution in [0.25, 0.3) is 10.8 Å². The molecule has 1 aromatic heterocycles. The standard InChI is InChI=1S/C15H17N3O4/c1-9(2)18(8-7-12(19)20)15(22)13-10-5-3-4-6-11(10)14(21)17-16-13/h3-6,9H,7-8H2,1-2H3,(H,17,21)(H,19,20). The Hall–Kier alpha value is -2.70. The molecular formula is C15H17N3O4. The highest BCUT2D eigenvalue weighted by atomic mass is 16.4. The second-order valence-electron chi connectivity index (χ2n) is 5.18. The van der Waals surface area contributed by atoms with E-state index in [2.05, 4.69) is 10.2 Å². The number of H-pyrrole nitrogens is 1. The summed E-state index contributed by atoms with van der Waals surface area (Å²) in [5, 5.41) is 15.8. The third kappa shape index (κ3) is 3.13. The molecule has 0 spiro atoms. The van der Waals surface area contributed by atoms with E-state index in [1.54, 1.807) is 38.1 Å². The number of carboxylic acids is 1. The Bertz CT molecular complexity index is 767. The van der Waals surface area contributed by atoms with Gasteiger partial charge in [-0.15, -0.1) is 0 Å². The minimum absolute atomic E-state index is 0.0843. The van der Waals surface area contributed by atoms with Crippen LogP contribution in [0.5, 0.6) is 0 Å². The molecule has 2 aromatic rings. The molecule has 0 saturated carbocycles. The first-order chi connectivity index (χ1) is 10.4. The maximum Gasteiger partial charge on any atom is 0.305 e. The topological polar surface area (TPSA) is 103 Å². The van der Waals surface area contributed by atoms with E-state index >= 15 is 0 Å². The molecule has 2 rings (SSSR count). The van der Waals surface area contributed by atoms with Gasteiger partial charge in [-0.05, 0) is 19.9 Å². The molecule has 116 valence electrons. The molecule has 0 aliphatic heterocycles. The molecule has 0 aliphatic rings. The number of aromatic nitrogens is 2. The third-order valence-corrected chi connectivity index (χ3v) is 3.35. The average molecular weight is 303 g/mol. The fraction of sp³-hybridized carbons (Fsp3) is 0.333. The highest BCUT2D eigenvalue weighted by molar-refractivity contribution is 6.04. The van der Waals surface area contributed by atoms with Crippen molar-refractivity contribution in [2.75, 3.05) is 6.54 Å². The molecule has 0 bridgehead atoms. The van der Waals surface area contributed by atoms with Crippen LogP contribution in [-0.2, 0) is 4.79 Å². The number of benzene rings is 1. The predicted octanol–water partition coefficient (Wildman–Crippen LogP) is 1.25. The summed E-state index contributed by atoms with van der Waals surface area (Å²) in [6.45, 7) is 3.68. The minimum Gasteiger partial charge on any atom is -0.481 e. The van der Waals surface area contributed by atoms with E-state index in [9.17, 15) is 14.4 Å². The Kier molecular flexibility index (Phi) is 4.55. The third-order valence-electron chi connectivity index (χ3n) is 3.35. The molecule has 0 unspecified atom stereocenters. The smallest absolute Gasteiger partial charge is 0.305 e. The van der Waals surface area contributed by atoms with Crippen molar-refractivity contribution in [2.24, 2.45) is 0 Å². The largest absolute Gasteiger partial charge is 0.481 e. The number of carbonyl (C=O) groups excluding carboxylic acids is 1. The van der Waals surface area contributed by atoms with Gasteiger partial charge < -0.3 is 10.0 Å². The molecule has 0 fully saturated rings. The first-order valence-corrected chi connectivity index (χ1v) is 6.92. The first-order valence-electron chi connectivity index (χ1n) is 6.92. The van der Waals surface area contributed by atoms with E-state index in [-0.39, 0.29) is 30.3 Å². The van der Waals surface area contributed by atoms with Crippen molar-refractivity contribution < 1.29 is 14.7 Å². The second kappa shape index (κ2) is 6.38. The quantitative estimate of drug-likeness (QED) is 0.865. The van der Waals surface area contributed by atoms with Gasteiger partial charge in [0.25, 0.3) is 11.5 Å². The van der Waals surface area contributed by atoms with Gasteiger partial charge in [0, 0.05) is 18.0 Å². The van der Waals surface area contributed by atoms with Crippen molar-refractivity contribution in [2.45, 2.75) is 26.3 Å². The lowest BCUT2D eigenvalue weighted by atomic mass is 10.1. The number of hydrogen-bond donors (Lipinski definition) is 2. The molecule has 22 heavy (non-hydrogen) atoms. The van der Waals surface area contributed by atoms with Crippen LogP contribution >= 0.6 is 0 Å². The summed E-state index contributed by atoms with van der Waals surface area (Å²) in [5.74, 6) is -1.37. The van der Waals surface area contributed by atoms with Crippen LogP contribution in [-0.4, -0.2) is 44.7 Å². The number of carboxylic acid groups (broad SMARTS) is 1. The summed E-state index contributed by atoms with van der Waals surface area (Å²) in [6, 6.07) is 6.51. The minimum atomic E-state index is -0.974. The molecule has 0 saturated heterocycles. The number of rotatable bonds is 5. The van der Waals surface area contributed by atoms with E-state index in [4.69, 9.17) is 5.11 Å². The zero-order chi connectivity index (χ0) is 16.3. The van der Waals surface area contributed by atoms with Gasteiger partial charge in [-0.1, -0.05) is 18.2 Å². The van der Waals surface area contributed by atoms with Crippen LogP contribution in [0.2, 0.25) is 0 Å². The Morgan fingerprint density at radius 3 is 2.50 bits per heavy atom. The summed E-state index contributed by atoms with van der Waals surface area (Å²) >= 11 is 0. The van der Waals surface area contributed by atoms with Crippen molar-refractivity contribution in [1.29, 1.82) is 0 Å². The van der Waals surface area contributed by atoms with Crippen LogP contribution in [0, 0.1) is 0 Å². The monoisotopic (exact) mass is 303 g/mol. The molecule has 1 amide bonds. The van der Waals surface area contributed by atoms with Gasteiger partial charge in [0.05, 0.1) is 11.8 Å². The number of nitrogens with zero attached hydrogens (tertiary/aromatic N) is 2. The molecular weight excluding hydrogens is 286 g/mol. The molecule has 0 atom stereocenters. The van der Waals surface area contributed by atoms with Crippen molar-refractivity contribution in [3.05, 3.63) is 40.3 Å². The fourth-order valence-corrected chi connectivity index (χ4v) is 2.22. The SMILES string of the molecule is CC(C)N(CCC(=O)O)C(=O)c1n[nH]c(=O)c2ccccc12. The lowest BCUT2D eigenvalue weighted by molar-refractivity contribution is -0.137. The van der Waals surface area contributed by atoms with Crippen molar-refractivity contribution >= 4 is 22.6 Å². The zero-order valence-corrected chi connectivity index (χ0v) is 12.4. The maximum atomic E-state index is 12.7. The van der Waals surface area contributed by atoms with Gasteiger partial charge in [0.15, 0.2) is 5.69 Å². The highest BCUT2D eigenvalue weighted by Crippen LogP contribution is 2.16. The Balaban J connectivity index is 2.45. The lowest BCUT2D eigenvalue weighted by Gasteiger charge is -2.26. The normalized spacial score (nSPS) is 10.9. The summed E-state index contributed by atoms with van der Waals surface area (Å²) < 4.78 is 0. The highest BCUT2D eigenvalue weighted by Gasteiger charge is 2.23.